The Morgan fingerprint density at radius 1 is 1.38 bits per heavy atom. The topological polar surface area (TPSA) is 68.5 Å². The van der Waals surface area contributed by atoms with Gasteiger partial charge in [0.1, 0.15) is 11.6 Å². The Kier molecular flexibility index (Phi) is 6.28. The van der Waals surface area contributed by atoms with E-state index in [9.17, 15) is 4.79 Å². The quantitative estimate of drug-likeness (QED) is 0.457. The lowest BCUT2D eigenvalue weighted by Gasteiger charge is -2.10. The zero-order valence-corrected chi connectivity index (χ0v) is 12.7. The summed E-state index contributed by atoms with van der Waals surface area (Å²) in [5, 5.41) is 9.07. The summed E-state index contributed by atoms with van der Waals surface area (Å²) in [5.41, 5.74) is 0.604. The fourth-order valence-corrected chi connectivity index (χ4v) is 1.63. The number of esters is 1. The third kappa shape index (κ3) is 4.84. The highest BCUT2D eigenvalue weighted by atomic mass is 16.5. The second-order valence-corrected chi connectivity index (χ2v) is 4.47. The largest absolute Gasteiger partial charge is 0.493 e. The monoisotopic (exact) mass is 289 g/mol. The van der Waals surface area contributed by atoms with Crippen LogP contribution >= 0.6 is 0 Å². The van der Waals surface area contributed by atoms with Gasteiger partial charge in [0.05, 0.1) is 19.8 Å². The first kappa shape index (κ1) is 16.6. The number of hydrogen-bond donors (Lipinski definition) is 0. The summed E-state index contributed by atoms with van der Waals surface area (Å²) in [7, 11) is 1.55. The van der Waals surface area contributed by atoms with Gasteiger partial charge >= 0.3 is 5.97 Å². The molecule has 21 heavy (non-hydrogen) atoms. The summed E-state index contributed by atoms with van der Waals surface area (Å²) in [4.78, 5) is 11.8. The highest BCUT2D eigenvalue weighted by Crippen LogP contribution is 2.29. The Bertz CT molecular complexity index is 570. The molecule has 5 heteroatoms. The van der Waals surface area contributed by atoms with Crippen molar-refractivity contribution in [2.75, 3.05) is 13.7 Å². The Morgan fingerprint density at radius 3 is 2.62 bits per heavy atom. The van der Waals surface area contributed by atoms with Gasteiger partial charge in [-0.15, -0.1) is 0 Å². The van der Waals surface area contributed by atoms with Crippen LogP contribution in [0.2, 0.25) is 0 Å². The minimum atomic E-state index is -0.638. The number of nitriles is 1. The maximum Gasteiger partial charge on any atom is 0.349 e. The van der Waals surface area contributed by atoms with E-state index in [2.05, 4.69) is 0 Å². The summed E-state index contributed by atoms with van der Waals surface area (Å²) >= 11 is 0. The maximum absolute atomic E-state index is 11.8. The minimum absolute atomic E-state index is 0.0590. The van der Waals surface area contributed by atoms with Crippen LogP contribution in [0.3, 0.4) is 0 Å². The molecular weight excluding hydrogens is 270 g/mol. The summed E-state index contributed by atoms with van der Waals surface area (Å²) < 4.78 is 15.6. The standard InChI is InChI=1S/C16H19NO4/c1-5-20-15-9-12(6-7-14(15)19-4)8-13(10-17)16(18)21-11(2)3/h6-9,11H,5H2,1-4H3. The van der Waals surface area contributed by atoms with Gasteiger partial charge in [0, 0.05) is 0 Å². The van der Waals surface area contributed by atoms with Gasteiger partial charge in [-0.1, -0.05) is 6.07 Å². The normalized spacial score (nSPS) is 11.0. The zero-order valence-electron chi connectivity index (χ0n) is 12.7. The predicted octanol–water partition coefficient (Wildman–Crippen LogP) is 2.95. The van der Waals surface area contributed by atoms with Crippen molar-refractivity contribution in [2.24, 2.45) is 0 Å². The first-order valence-electron chi connectivity index (χ1n) is 6.65. The van der Waals surface area contributed by atoms with Crippen molar-refractivity contribution in [1.82, 2.24) is 0 Å². The van der Waals surface area contributed by atoms with Gasteiger partial charge in [0.2, 0.25) is 0 Å². The molecule has 0 aliphatic rings. The molecule has 1 rings (SSSR count). The van der Waals surface area contributed by atoms with E-state index in [1.165, 1.54) is 6.08 Å². The Hall–Kier alpha value is -2.48. The molecule has 0 N–H and O–H groups in total. The molecule has 0 amide bonds. The lowest BCUT2D eigenvalue weighted by molar-refractivity contribution is -0.142. The second-order valence-electron chi connectivity index (χ2n) is 4.47. The van der Waals surface area contributed by atoms with Crippen LogP contribution in [0, 0.1) is 11.3 Å². The SMILES string of the molecule is CCOc1cc(C=C(C#N)C(=O)OC(C)C)ccc1OC. The van der Waals surface area contributed by atoms with E-state index in [4.69, 9.17) is 19.5 Å². The molecule has 0 atom stereocenters. The van der Waals surface area contributed by atoms with Crippen LogP contribution in [-0.4, -0.2) is 25.8 Å². The molecule has 0 bridgehead atoms. The number of hydrogen-bond acceptors (Lipinski definition) is 5. The van der Waals surface area contributed by atoms with Crippen LogP contribution in [0.15, 0.2) is 23.8 Å². The van der Waals surface area contributed by atoms with E-state index >= 15 is 0 Å². The Balaban J connectivity index is 3.09. The van der Waals surface area contributed by atoms with E-state index < -0.39 is 5.97 Å². The van der Waals surface area contributed by atoms with Crippen LogP contribution in [0.4, 0.5) is 0 Å². The van der Waals surface area contributed by atoms with Crippen LogP contribution in [-0.2, 0) is 9.53 Å². The first-order chi connectivity index (χ1) is 10.0. The highest BCUT2D eigenvalue weighted by Gasteiger charge is 2.13. The smallest absolute Gasteiger partial charge is 0.349 e. The lowest BCUT2D eigenvalue weighted by atomic mass is 10.1. The number of carbonyl (C=O) groups excluding carboxylic acids is 1. The molecular formula is C16H19NO4. The molecule has 0 aliphatic heterocycles. The molecule has 0 aromatic heterocycles. The first-order valence-corrected chi connectivity index (χ1v) is 6.65. The minimum Gasteiger partial charge on any atom is -0.493 e. The van der Waals surface area contributed by atoms with Gasteiger partial charge < -0.3 is 14.2 Å². The Morgan fingerprint density at radius 2 is 2.10 bits per heavy atom. The van der Waals surface area contributed by atoms with Gasteiger partial charge in [-0.05, 0) is 44.5 Å². The third-order valence-electron chi connectivity index (χ3n) is 2.48. The van der Waals surface area contributed by atoms with Gasteiger partial charge in [0.25, 0.3) is 0 Å². The van der Waals surface area contributed by atoms with Crippen molar-refractivity contribution >= 4 is 12.0 Å². The summed E-state index contributed by atoms with van der Waals surface area (Å²) in [6, 6.07) is 7.02. The van der Waals surface area contributed by atoms with Crippen molar-refractivity contribution in [3.8, 4) is 17.6 Å². The Labute approximate surface area is 124 Å². The molecule has 5 nitrogen and oxygen atoms in total. The van der Waals surface area contributed by atoms with Crippen LogP contribution in [0.1, 0.15) is 26.3 Å². The molecule has 0 unspecified atom stereocenters. The van der Waals surface area contributed by atoms with Crippen LogP contribution in [0.5, 0.6) is 11.5 Å². The number of ether oxygens (including phenoxy) is 3. The number of nitrogens with zero attached hydrogens (tertiary/aromatic N) is 1. The van der Waals surface area contributed by atoms with E-state index in [1.807, 2.05) is 13.0 Å². The fraction of sp³-hybridized carbons (Fsp3) is 0.375. The lowest BCUT2D eigenvalue weighted by Crippen LogP contribution is -2.12. The number of rotatable bonds is 6. The van der Waals surface area contributed by atoms with Crippen LogP contribution in [0.25, 0.3) is 6.08 Å². The molecule has 1 aromatic carbocycles. The van der Waals surface area contributed by atoms with Crippen molar-refractivity contribution in [2.45, 2.75) is 26.9 Å². The molecule has 0 spiro atoms. The van der Waals surface area contributed by atoms with E-state index in [-0.39, 0.29) is 11.7 Å². The average molecular weight is 289 g/mol. The zero-order chi connectivity index (χ0) is 15.8. The number of methoxy groups -OCH3 is 1. The van der Waals surface area contributed by atoms with Gasteiger partial charge in [-0.3, -0.25) is 0 Å². The van der Waals surface area contributed by atoms with E-state index in [1.54, 1.807) is 39.2 Å². The van der Waals surface area contributed by atoms with Gasteiger partial charge in [-0.25, -0.2) is 4.79 Å². The predicted molar refractivity (Wildman–Crippen MR) is 79.0 cm³/mol. The number of benzene rings is 1. The molecule has 112 valence electrons. The van der Waals surface area contributed by atoms with Crippen molar-refractivity contribution in [3.05, 3.63) is 29.3 Å². The summed E-state index contributed by atoms with van der Waals surface area (Å²) in [5.74, 6) is 0.516. The molecule has 0 radical (unpaired) electrons. The third-order valence-corrected chi connectivity index (χ3v) is 2.48. The van der Waals surface area contributed by atoms with E-state index in [0.717, 1.165) is 0 Å². The highest BCUT2D eigenvalue weighted by molar-refractivity contribution is 5.98. The average Bonchev–Trinajstić information content (AvgIpc) is 2.44. The molecule has 0 saturated heterocycles. The van der Waals surface area contributed by atoms with Crippen LogP contribution < -0.4 is 9.47 Å². The fourth-order valence-electron chi connectivity index (χ4n) is 1.63. The van der Waals surface area contributed by atoms with Crippen molar-refractivity contribution < 1.29 is 19.0 Å². The van der Waals surface area contributed by atoms with Crippen molar-refractivity contribution in [1.29, 1.82) is 5.26 Å². The molecule has 0 fully saturated rings. The van der Waals surface area contributed by atoms with Crippen molar-refractivity contribution in [3.63, 3.8) is 0 Å². The van der Waals surface area contributed by atoms with Gasteiger partial charge in [0.15, 0.2) is 11.5 Å². The number of carbonyl (C=O) groups is 1. The second kappa shape index (κ2) is 7.95. The summed E-state index contributed by atoms with van der Waals surface area (Å²) in [6.45, 7) is 5.81. The summed E-state index contributed by atoms with van der Waals surface area (Å²) in [6.07, 6.45) is 1.19. The molecule has 0 heterocycles. The molecule has 0 saturated carbocycles. The molecule has 0 aliphatic carbocycles. The molecule has 1 aromatic rings. The maximum atomic E-state index is 11.8. The van der Waals surface area contributed by atoms with E-state index in [0.29, 0.717) is 23.7 Å². The van der Waals surface area contributed by atoms with Gasteiger partial charge in [-0.2, -0.15) is 5.26 Å².